The molecule has 4 aromatic rings. The number of aromatic nitrogens is 2. The highest BCUT2D eigenvalue weighted by atomic mass is 14.8. The molecule has 0 spiro atoms. The Bertz CT molecular complexity index is 1110. The van der Waals surface area contributed by atoms with Crippen LogP contribution in [0.3, 0.4) is 0 Å². The van der Waals surface area contributed by atoms with Gasteiger partial charge in [0.15, 0.2) is 0 Å². The minimum Gasteiger partial charge on any atom is -0.246 e. The Labute approximate surface area is 192 Å². The Morgan fingerprint density at radius 2 is 0.750 bits per heavy atom. The molecule has 0 saturated heterocycles. The van der Waals surface area contributed by atoms with Crippen molar-refractivity contribution in [3.05, 3.63) is 96.1 Å². The molecule has 32 heavy (non-hydrogen) atoms. The lowest BCUT2D eigenvalue weighted by Crippen LogP contribution is -2.13. The molecular formula is C30H32N2. The van der Waals surface area contributed by atoms with Crippen molar-refractivity contribution >= 4 is 0 Å². The van der Waals surface area contributed by atoms with E-state index in [0.717, 1.165) is 33.9 Å². The van der Waals surface area contributed by atoms with Crippen LogP contribution >= 0.6 is 0 Å². The van der Waals surface area contributed by atoms with E-state index in [4.69, 9.17) is 9.97 Å². The summed E-state index contributed by atoms with van der Waals surface area (Å²) in [5.41, 5.74) is 8.56. The van der Waals surface area contributed by atoms with E-state index in [9.17, 15) is 0 Å². The van der Waals surface area contributed by atoms with Gasteiger partial charge in [0.2, 0.25) is 0 Å². The molecule has 0 aliphatic rings. The van der Waals surface area contributed by atoms with Gasteiger partial charge in [-0.05, 0) is 46.2 Å². The van der Waals surface area contributed by atoms with Crippen LogP contribution in [0.5, 0.6) is 0 Å². The summed E-state index contributed by atoms with van der Waals surface area (Å²) in [5, 5.41) is 0. The van der Waals surface area contributed by atoms with E-state index in [-0.39, 0.29) is 10.8 Å². The SMILES string of the molecule is CC(C)(C)c1cc(-c2ccccc2)nc(-c2cc(C(C)(C)C)cc(-c3ccccc3)n2)c1. The Morgan fingerprint density at radius 3 is 1.06 bits per heavy atom. The van der Waals surface area contributed by atoms with Crippen molar-refractivity contribution in [3.8, 4) is 33.9 Å². The zero-order chi connectivity index (χ0) is 22.9. The van der Waals surface area contributed by atoms with Crippen LogP contribution in [0, 0.1) is 0 Å². The monoisotopic (exact) mass is 420 g/mol. The van der Waals surface area contributed by atoms with Crippen LogP contribution in [0.15, 0.2) is 84.9 Å². The second-order valence-corrected chi connectivity index (χ2v) is 10.5. The van der Waals surface area contributed by atoms with Gasteiger partial charge >= 0.3 is 0 Å². The molecule has 0 fully saturated rings. The van der Waals surface area contributed by atoms with E-state index in [2.05, 4.69) is 114 Å². The summed E-state index contributed by atoms with van der Waals surface area (Å²) in [5.74, 6) is 0. The lowest BCUT2D eigenvalue weighted by molar-refractivity contribution is 0.588. The molecule has 0 N–H and O–H groups in total. The third-order valence-electron chi connectivity index (χ3n) is 5.78. The summed E-state index contributed by atoms with van der Waals surface area (Å²) < 4.78 is 0. The molecule has 0 aliphatic heterocycles. The Hall–Kier alpha value is -3.26. The molecule has 162 valence electrons. The molecule has 4 rings (SSSR count). The molecule has 2 heteroatoms. The molecule has 2 aromatic heterocycles. The minimum absolute atomic E-state index is 0.00508. The van der Waals surface area contributed by atoms with Crippen molar-refractivity contribution in [2.24, 2.45) is 0 Å². The molecule has 2 heterocycles. The summed E-state index contributed by atoms with van der Waals surface area (Å²) in [6.07, 6.45) is 0. The largest absolute Gasteiger partial charge is 0.246 e. The van der Waals surface area contributed by atoms with Crippen LogP contribution in [0.2, 0.25) is 0 Å². The van der Waals surface area contributed by atoms with E-state index >= 15 is 0 Å². The zero-order valence-electron chi connectivity index (χ0n) is 20.0. The average molecular weight is 421 g/mol. The van der Waals surface area contributed by atoms with Gasteiger partial charge in [-0.25, -0.2) is 9.97 Å². The summed E-state index contributed by atoms with van der Waals surface area (Å²) in [4.78, 5) is 10.2. The van der Waals surface area contributed by atoms with Crippen molar-refractivity contribution in [2.75, 3.05) is 0 Å². The number of hydrogen-bond acceptors (Lipinski definition) is 2. The third-order valence-corrected chi connectivity index (χ3v) is 5.78. The van der Waals surface area contributed by atoms with Gasteiger partial charge in [-0.15, -0.1) is 0 Å². The van der Waals surface area contributed by atoms with Gasteiger partial charge in [-0.3, -0.25) is 0 Å². The second kappa shape index (κ2) is 8.35. The van der Waals surface area contributed by atoms with Gasteiger partial charge in [0, 0.05) is 11.1 Å². The van der Waals surface area contributed by atoms with Gasteiger partial charge in [0.05, 0.1) is 22.8 Å². The lowest BCUT2D eigenvalue weighted by atomic mass is 9.84. The van der Waals surface area contributed by atoms with Gasteiger partial charge in [0.25, 0.3) is 0 Å². The Morgan fingerprint density at radius 1 is 0.438 bits per heavy atom. The van der Waals surface area contributed by atoms with E-state index in [0.29, 0.717) is 0 Å². The van der Waals surface area contributed by atoms with Gasteiger partial charge in [-0.2, -0.15) is 0 Å². The highest BCUT2D eigenvalue weighted by Crippen LogP contribution is 2.34. The number of hydrogen-bond donors (Lipinski definition) is 0. The fourth-order valence-corrected chi connectivity index (χ4v) is 3.70. The molecule has 2 nitrogen and oxygen atoms in total. The quantitative estimate of drug-likeness (QED) is 0.335. The van der Waals surface area contributed by atoms with Crippen LogP contribution in [0.25, 0.3) is 33.9 Å². The predicted octanol–water partition coefficient (Wildman–Crippen LogP) is 8.07. The molecule has 2 aromatic carbocycles. The standard InChI is InChI=1S/C30H32N2/c1-29(2,3)23-17-25(21-13-9-7-10-14-21)31-27(19-23)28-20-24(30(4,5)6)18-26(32-28)22-15-11-8-12-16-22/h7-20H,1-6H3. The van der Waals surface area contributed by atoms with Crippen molar-refractivity contribution < 1.29 is 0 Å². The van der Waals surface area contributed by atoms with E-state index < -0.39 is 0 Å². The maximum absolute atomic E-state index is 5.08. The molecule has 0 unspecified atom stereocenters. The third kappa shape index (κ3) is 4.80. The number of rotatable bonds is 3. The van der Waals surface area contributed by atoms with Crippen molar-refractivity contribution in [3.63, 3.8) is 0 Å². The summed E-state index contributed by atoms with van der Waals surface area (Å²) in [6, 6.07) is 29.6. The molecule has 0 bridgehead atoms. The van der Waals surface area contributed by atoms with Gasteiger partial charge in [0.1, 0.15) is 0 Å². The van der Waals surface area contributed by atoms with Crippen LogP contribution in [-0.2, 0) is 10.8 Å². The summed E-state index contributed by atoms with van der Waals surface area (Å²) in [7, 11) is 0. The Kier molecular flexibility index (Phi) is 5.73. The molecule has 0 radical (unpaired) electrons. The smallest absolute Gasteiger partial charge is 0.0897 e. The fourth-order valence-electron chi connectivity index (χ4n) is 3.70. The van der Waals surface area contributed by atoms with Crippen LogP contribution < -0.4 is 0 Å². The summed E-state index contributed by atoms with van der Waals surface area (Å²) in [6.45, 7) is 13.5. The van der Waals surface area contributed by atoms with Gasteiger partial charge in [-0.1, -0.05) is 102 Å². The lowest BCUT2D eigenvalue weighted by Gasteiger charge is -2.23. The normalized spacial score (nSPS) is 12.1. The van der Waals surface area contributed by atoms with Crippen molar-refractivity contribution in [1.82, 2.24) is 9.97 Å². The van der Waals surface area contributed by atoms with E-state index in [1.165, 1.54) is 11.1 Å². The highest BCUT2D eigenvalue weighted by molar-refractivity contribution is 5.70. The van der Waals surface area contributed by atoms with E-state index in [1.807, 2.05) is 12.1 Å². The Balaban J connectivity index is 1.96. The number of nitrogens with zero attached hydrogens (tertiary/aromatic N) is 2. The molecular weight excluding hydrogens is 388 g/mol. The van der Waals surface area contributed by atoms with Crippen LogP contribution in [0.4, 0.5) is 0 Å². The predicted molar refractivity (Wildman–Crippen MR) is 136 cm³/mol. The zero-order valence-corrected chi connectivity index (χ0v) is 20.0. The maximum atomic E-state index is 5.08. The first-order valence-corrected chi connectivity index (χ1v) is 11.3. The first kappa shape index (κ1) is 22.0. The molecule has 0 aliphatic carbocycles. The summed E-state index contributed by atoms with van der Waals surface area (Å²) >= 11 is 0. The van der Waals surface area contributed by atoms with Crippen molar-refractivity contribution in [2.45, 2.75) is 52.4 Å². The van der Waals surface area contributed by atoms with Crippen LogP contribution in [0.1, 0.15) is 52.7 Å². The van der Waals surface area contributed by atoms with Crippen molar-refractivity contribution in [1.29, 1.82) is 0 Å². The highest BCUT2D eigenvalue weighted by Gasteiger charge is 2.21. The first-order valence-electron chi connectivity index (χ1n) is 11.3. The van der Waals surface area contributed by atoms with E-state index in [1.54, 1.807) is 0 Å². The molecule has 0 amide bonds. The molecule has 0 atom stereocenters. The number of pyridine rings is 2. The van der Waals surface area contributed by atoms with Crippen LogP contribution in [-0.4, -0.2) is 9.97 Å². The average Bonchev–Trinajstić information content (AvgIpc) is 2.78. The minimum atomic E-state index is 0.00508. The molecule has 0 saturated carbocycles. The first-order chi connectivity index (χ1) is 15.1. The topological polar surface area (TPSA) is 25.8 Å². The van der Waals surface area contributed by atoms with Gasteiger partial charge < -0.3 is 0 Å². The maximum Gasteiger partial charge on any atom is 0.0897 e. The number of benzene rings is 2. The fraction of sp³-hybridized carbons (Fsp3) is 0.267. The second-order valence-electron chi connectivity index (χ2n) is 10.5.